The van der Waals surface area contributed by atoms with Crippen LogP contribution in [0, 0.1) is 6.92 Å². The van der Waals surface area contributed by atoms with Crippen molar-refractivity contribution in [3.8, 4) is 5.88 Å². The van der Waals surface area contributed by atoms with Gasteiger partial charge in [-0.25, -0.2) is 9.97 Å². The summed E-state index contributed by atoms with van der Waals surface area (Å²) in [5.74, 6) is 0.641. The van der Waals surface area contributed by atoms with Crippen LogP contribution in [0.25, 0.3) is 0 Å². The molecule has 0 saturated carbocycles. The van der Waals surface area contributed by atoms with E-state index in [-0.39, 0.29) is 6.04 Å². The molecule has 0 spiro atoms. The Labute approximate surface area is 111 Å². The Morgan fingerprint density at radius 1 is 1.44 bits per heavy atom. The molecule has 0 aliphatic heterocycles. The van der Waals surface area contributed by atoms with Crippen molar-refractivity contribution >= 4 is 11.3 Å². The van der Waals surface area contributed by atoms with Crippen LogP contribution >= 0.6 is 11.3 Å². The highest BCUT2D eigenvalue weighted by Crippen LogP contribution is 2.18. The molecule has 0 fully saturated rings. The lowest BCUT2D eigenvalue weighted by Gasteiger charge is -2.11. The number of thiazole rings is 1. The van der Waals surface area contributed by atoms with Crippen LogP contribution in [-0.4, -0.2) is 17.1 Å². The first-order valence-electron chi connectivity index (χ1n) is 5.83. The summed E-state index contributed by atoms with van der Waals surface area (Å²) in [5, 5.41) is 6.62. The summed E-state index contributed by atoms with van der Waals surface area (Å²) in [5.41, 5.74) is 2.21. The van der Waals surface area contributed by atoms with Crippen LogP contribution in [-0.2, 0) is 6.54 Å². The van der Waals surface area contributed by atoms with Gasteiger partial charge in [-0.05, 0) is 19.4 Å². The molecule has 0 amide bonds. The molecule has 0 radical (unpaired) electrons. The van der Waals surface area contributed by atoms with Gasteiger partial charge >= 0.3 is 0 Å². The second kappa shape index (κ2) is 5.93. The molecule has 2 aromatic heterocycles. The second-order valence-corrected chi connectivity index (χ2v) is 5.03. The van der Waals surface area contributed by atoms with Crippen molar-refractivity contribution in [2.75, 3.05) is 7.11 Å². The topological polar surface area (TPSA) is 47.0 Å². The largest absolute Gasteiger partial charge is 0.481 e. The number of pyridine rings is 1. The maximum absolute atomic E-state index is 5.03. The van der Waals surface area contributed by atoms with E-state index in [0.717, 1.165) is 22.8 Å². The predicted molar refractivity (Wildman–Crippen MR) is 72.9 cm³/mol. The van der Waals surface area contributed by atoms with Crippen LogP contribution in [0.15, 0.2) is 23.7 Å². The molecular weight excluding hydrogens is 246 g/mol. The molecule has 0 bridgehead atoms. The molecule has 1 unspecified atom stereocenters. The monoisotopic (exact) mass is 263 g/mol. The first kappa shape index (κ1) is 13.0. The van der Waals surface area contributed by atoms with Gasteiger partial charge in [-0.2, -0.15) is 0 Å². The summed E-state index contributed by atoms with van der Waals surface area (Å²) in [6, 6.07) is 4.14. The van der Waals surface area contributed by atoms with Crippen LogP contribution in [0.5, 0.6) is 5.88 Å². The van der Waals surface area contributed by atoms with Gasteiger partial charge in [0.15, 0.2) is 0 Å². The second-order valence-electron chi connectivity index (χ2n) is 4.14. The lowest BCUT2D eigenvalue weighted by Crippen LogP contribution is -2.18. The minimum absolute atomic E-state index is 0.255. The zero-order chi connectivity index (χ0) is 13.0. The highest BCUT2D eigenvalue weighted by Gasteiger charge is 2.08. The maximum atomic E-state index is 5.03. The van der Waals surface area contributed by atoms with Crippen molar-refractivity contribution in [1.29, 1.82) is 0 Å². The smallest absolute Gasteiger partial charge is 0.212 e. The van der Waals surface area contributed by atoms with Gasteiger partial charge in [0, 0.05) is 29.9 Å². The molecule has 2 heterocycles. The predicted octanol–water partition coefficient (Wildman–Crippen LogP) is 2.71. The van der Waals surface area contributed by atoms with Crippen LogP contribution in [0.2, 0.25) is 0 Å². The minimum Gasteiger partial charge on any atom is -0.481 e. The molecule has 5 heteroatoms. The molecule has 0 aromatic carbocycles. The first-order valence-corrected chi connectivity index (χ1v) is 6.71. The SMILES string of the molecule is COc1ccc(CNC(C)c2nc(C)cs2)cn1. The summed E-state index contributed by atoms with van der Waals surface area (Å²) >= 11 is 1.69. The molecular formula is C13H17N3OS. The number of hydrogen-bond donors (Lipinski definition) is 1. The van der Waals surface area contributed by atoms with Crippen molar-refractivity contribution in [3.05, 3.63) is 40.0 Å². The Hall–Kier alpha value is -1.46. The fourth-order valence-corrected chi connectivity index (χ4v) is 2.39. The van der Waals surface area contributed by atoms with Gasteiger partial charge in [-0.1, -0.05) is 6.07 Å². The maximum Gasteiger partial charge on any atom is 0.212 e. The molecule has 0 aliphatic rings. The van der Waals surface area contributed by atoms with E-state index in [1.54, 1.807) is 18.4 Å². The highest BCUT2D eigenvalue weighted by atomic mass is 32.1. The number of hydrogen-bond acceptors (Lipinski definition) is 5. The molecule has 0 saturated heterocycles. The number of methoxy groups -OCH3 is 1. The molecule has 4 nitrogen and oxygen atoms in total. The molecule has 2 aromatic rings. The number of ether oxygens (including phenoxy) is 1. The van der Waals surface area contributed by atoms with Gasteiger partial charge < -0.3 is 10.1 Å². The fraction of sp³-hybridized carbons (Fsp3) is 0.385. The number of aryl methyl sites for hydroxylation is 1. The van der Waals surface area contributed by atoms with Gasteiger partial charge in [0.05, 0.1) is 13.2 Å². The van der Waals surface area contributed by atoms with E-state index in [4.69, 9.17) is 4.74 Å². The molecule has 1 N–H and O–H groups in total. The van der Waals surface area contributed by atoms with Crippen molar-refractivity contribution in [2.45, 2.75) is 26.4 Å². The highest BCUT2D eigenvalue weighted by molar-refractivity contribution is 7.09. The summed E-state index contributed by atoms with van der Waals surface area (Å²) in [6.07, 6.45) is 1.83. The van der Waals surface area contributed by atoms with Crippen molar-refractivity contribution in [1.82, 2.24) is 15.3 Å². The number of aromatic nitrogens is 2. The van der Waals surface area contributed by atoms with Gasteiger partial charge in [-0.3, -0.25) is 0 Å². The van der Waals surface area contributed by atoms with Gasteiger partial charge in [0.25, 0.3) is 0 Å². The summed E-state index contributed by atoms with van der Waals surface area (Å²) in [4.78, 5) is 8.65. The van der Waals surface area contributed by atoms with E-state index < -0.39 is 0 Å². The Morgan fingerprint density at radius 2 is 2.28 bits per heavy atom. The lowest BCUT2D eigenvalue weighted by atomic mass is 10.2. The fourth-order valence-electron chi connectivity index (χ4n) is 1.57. The van der Waals surface area contributed by atoms with E-state index >= 15 is 0 Å². The van der Waals surface area contributed by atoms with Crippen LogP contribution in [0.4, 0.5) is 0 Å². The quantitative estimate of drug-likeness (QED) is 0.901. The zero-order valence-corrected chi connectivity index (χ0v) is 11.6. The van der Waals surface area contributed by atoms with E-state index in [0.29, 0.717) is 5.88 Å². The standard InChI is InChI=1S/C13H17N3OS/c1-9-8-18-13(16-9)10(2)14-6-11-4-5-12(17-3)15-7-11/h4-5,7-8,10,14H,6H2,1-3H3. The van der Waals surface area contributed by atoms with Crippen LogP contribution < -0.4 is 10.1 Å². The molecule has 1 atom stereocenters. The van der Waals surface area contributed by atoms with Crippen molar-refractivity contribution in [3.63, 3.8) is 0 Å². The van der Waals surface area contributed by atoms with Gasteiger partial charge in [0.2, 0.25) is 5.88 Å². The normalized spacial score (nSPS) is 12.4. The van der Waals surface area contributed by atoms with Crippen LogP contribution in [0.1, 0.15) is 29.2 Å². The van der Waals surface area contributed by atoms with Crippen molar-refractivity contribution in [2.24, 2.45) is 0 Å². The molecule has 18 heavy (non-hydrogen) atoms. The average molecular weight is 263 g/mol. The number of rotatable bonds is 5. The van der Waals surface area contributed by atoms with Gasteiger partial charge in [-0.15, -0.1) is 11.3 Å². The summed E-state index contributed by atoms with van der Waals surface area (Å²) in [6.45, 7) is 4.91. The van der Waals surface area contributed by atoms with Crippen LogP contribution in [0.3, 0.4) is 0 Å². The molecule has 96 valence electrons. The third kappa shape index (κ3) is 3.27. The molecule has 2 rings (SSSR count). The third-order valence-electron chi connectivity index (χ3n) is 2.63. The Bertz CT molecular complexity index is 495. The Balaban J connectivity index is 1.90. The van der Waals surface area contributed by atoms with E-state index in [9.17, 15) is 0 Å². The Morgan fingerprint density at radius 3 is 2.83 bits per heavy atom. The van der Waals surface area contributed by atoms with Crippen molar-refractivity contribution < 1.29 is 4.74 Å². The Kier molecular flexibility index (Phi) is 4.28. The minimum atomic E-state index is 0.255. The first-order chi connectivity index (χ1) is 8.69. The third-order valence-corrected chi connectivity index (χ3v) is 3.77. The summed E-state index contributed by atoms with van der Waals surface area (Å²) < 4.78 is 5.03. The van der Waals surface area contributed by atoms with E-state index in [2.05, 4.69) is 27.6 Å². The average Bonchev–Trinajstić information content (AvgIpc) is 2.83. The molecule has 0 aliphatic carbocycles. The van der Waals surface area contributed by atoms with Gasteiger partial charge in [0.1, 0.15) is 5.01 Å². The van der Waals surface area contributed by atoms with E-state index in [1.165, 1.54) is 0 Å². The zero-order valence-electron chi connectivity index (χ0n) is 10.8. The number of nitrogens with zero attached hydrogens (tertiary/aromatic N) is 2. The summed E-state index contributed by atoms with van der Waals surface area (Å²) in [7, 11) is 1.62. The lowest BCUT2D eigenvalue weighted by molar-refractivity contribution is 0.397. The number of nitrogens with one attached hydrogen (secondary N) is 1. The van der Waals surface area contributed by atoms with E-state index in [1.807, 2.05) is 25.3 Å².